The molecule has 8 nitrogen and oxygen atoms in total. The molecule has 4 aromatic rings. The summed E-state index contributed by atoms with van der Waals surface area (Å²) in [7, 11) is 0. The first-order valence-corrected chi connectivity index (χ1v) is 10.8. The number of carbonyl (C=O) groups is 3. The third-order valence-corrected chi connectivity index (χ3v) is 5.70. The van der Waals surface area contributed by atoms with Crippen LogP contribution in [0.3, 0.4) is 0 Å². The van der Waals surface area contributed by atoms with E-state index in [1.807, 2.05) is 24.3 Å². The van der Waals surface area contributed by atoms with Crippen LogP contribution in [-0.4, -0.2) is 37.4 Å². The smallest absolute Gasteiger partial charge is 0.261 e. The fourth-order valence-electron chi connectivity index (χ4n) is 3.92. The fraction of sp³-hybridized carbons (Fsp3) is 0.115. The molecule has 0 bridgehead atoms. The first kappa shape index (κ1) is 21.3. The largest absolute Gasteiger partial charge is 0.348 e. The molecule has 2 heterocycles. The fourth-order valence-corrected chi connectivity index (χ4v) is 3.92. The van der Waals surface area contributed by atoms with E-state index in [9.17, 15) is 14.4 Å². The number of rotatable bonds is 7. The van der Waals surface area contributed by atoms with Crippen molar-refractivity contribution in [2.24, 2.45) is 0 Å². The Morgan fingerprint density at radius 1 is 0.794 bits per heavy atom. The van der Waals surface area contributed by atoms with Gasteiger partial charge < -0.3 is 5.32 Å². The van der Waals surface area contributed by atoms with Gasteiger partial charge in [0.25, 0.3) is 17.7 Å². The topological polar surface area (TPSA) is 97.2 Å². The van der Waals surface area contributed by atoms with Crippen LogP contribution in [0.1, 0.15) is 47.8 Å². The molecule has 8 heteroatoms. The maximum absolute atomic E-state index is 12.7. The van der Waals surface area contributed by atoms with E-state index in [0.717, 1.165) is 11.1 Å². The van der Waals surface area contributed by atoms with Gasteiger partial charge in [-0.15, -0.1) is 0 Å². The highest BCUT2D eigenvalue weighted by atomic mass is 16.2. The van der Waals surface area contributed by atoms with E-state index < -0.39 is 0 Å². The zero-order valence-corrected chi connectivity index (χ0v) is 18.2. The normalized spacial score (nSPS) is 12.6. The third-order valence-electron chi connectivity index (χ3n) is 5.70. The molecule has 0 unspecified atom stereocenters. The summed E-state index contributed by atoms with van der Waals surface area (Å²) in [5, 5.41) is 7.01. The Morgan fingerprint density at radius 2 is 1.50 bits per heavy atom. The molecule has 0 fully saturated rings. The van der Waals surface area contributed by atoms with Crippen molar-refractivity contribution in [3.05, 3.63) is 119 Å². The van der Waals surface area contributed by atoms with Crippen LogP contribution in [0.5, 0.6) is 0 Å². The third kappa shape index (κ3) is 4.33. The van der Waals surface area contributed by atoms with Crippen molar-refractivity contribution in [2.75, 3.05) is 0 Å². The summed E-state index contributed by atoms with van der Waals surface area (Å²) in [4.78, 5) is 43.1. The average molecular weight is 451 g/mol. The van der Waals surface area contributed by atoms with E-state index in [1.165, 1.54) is 11.2 Å². The zero-order valence-electron chi connectivity index (χ0n) is 18.2. The van der Waals surface area contributed by atoms with Crippen molar-refractivity contribution in [2.45, 2.75) is 19.6 Å². The molecule has 1 aliphatic rings. The van der Waals surface area contributed by atoms with Gasteiger partial charge in [0, 0.05) is 12.1 Å². The molecular weight excluding hydrogens is 430 g/mol. The van der Waals surface area contributed by atoms with E-state index in [-0.39, 0.29) is 24.3 Å². The van der Waals surface area contributed by atoms with Gasteiger partial charge in [0.15, 0.2) is 0 Å². The lowest BCUT2D eigenvalue weighted by Gasteiger charge is -2.14. The van der Waals surface area contributed by atoms with E-state index in [1.54, 1.807) is 59.5 Å². The Morgan fingerprint density at radius 3 is 2.18 bits per heavy atom. The molecule has 5 rings (SSSR count). The van der Waals surface area contributed by atoms with Crippen molar-refractivity contribution in [1.29, 1.82) is 0 Å². The average Bonchev–Trinajstić information content (AvgIpc) is 3.46. The van der Waals surface area contributed by atoms with Crippen molar-refractivity contribution in [1.82, 2.24) is 25.0 Å². The summed E-state index contributed by atoms with van der Waals surface area (Å²) in [6.07, 6.45) is 3.16. The van der Waals surface area contributed by atoms with Crippen LogP contribution < -0.4 is 5.32 Å². The van der Waals surface area contributed by atoms with Gasteiger partial charge in [-0.2, -0.15) is 5.10 Å². The van der Waals surface area contributed by atoms with Crippen LogP contribution in [0.15, 0.2) is 85.5 Å². The van der Waals surface area contributed by atoms with Gasteiger partial charge in [0.2, 0.25) is 0 Å². The Hall–Kier alpha value is -4.59. The van der Waals surface area contributed by atoms with Crippen LogP contribution >= 0.6 is 0 Å². The van der Waals surface area contributed by atoms with Gasteiger partial charge in [-0.1, -0.05) is 48.5 Å². The molecule has 168 valence electrons. The van der Waals surface area contributed by atoms with Gasteiger partial charge in [0.05, 0.1) is 24.2 Å². The second kappa shape index (κ2) is 9.11. The minimum atomic E-state index is -0.317. The molecule has 0 atom stereocenters. The number of amides is 3. The number of nitrogens with one attached hydrogen (secondary N) is 1. The van der Waals surface area contributed by atoms with Crippen LogP contribution in [-0.2, 0) is 19.6 Å². The lowest BCUT2D eigenvalue weighted by molar-refractivity contribution is 0.0642. The number of benzene rings is 3. The second-order valence-corrected chi connectivity index (χ2v) is 8.03. The summed E-state index contributed by atoms with van der Waals surface area (Å²) in [6.45, 7) is 1.12. The lowest BCUT2D eigenvalue weighted by Crippen LogP contribution is -2.29. The second-order valence-electron chi connectivity index (χ2n) is 8.03. The van der Waals surface area contributed by atoms with Crippen LogP contribution in [0.25, 0.3) is 0 Å². The number of imide groups is 1. The van der Waals surface area contributed by atoms with Crippen molar-refractivity contribution in [3.8, 4) is 0 Å². The first-order valence-electron chi connectivity index (χ1n) is 10.8. The molecule has 3 amide bonds. The first-order chi connectivity index (χ1) is 16.6. The van der Waals surface area contributed by atoms with E-state index >= 15 is 0 Å². The number of carbonyl (C=O) groups excluding carboxylic acids is 3. The van der Waals surface area contributed by atoms with E-state index in [0.29, 0.717) is 35.3 Å². The number of nitrogens with zero attached hydrogens (tertiary/aromatic N) is 4. The summed E-state index contributed by atoms with van der Waals surface area (Å²) in [5.41, 5.74) is 4.05. The Labute approximate surface area is 195 Å². The standard InChI is InChI=1S/C26H21N5O3/c32-24(28-13-18-8-10-19(11-9-18)14-30-17-27-16-29-30)21-5-3-4-20(12-21)15-31-25(33)22-6-1-2-7-23(22)26(31)34/h1-12,16-17H,13-15H2,(H,28,32). The Kier molecular flexibility index (Phi) is 5.70. The molecule has 0 radical (unpaired) electrons. The number of hydrogen-bond acceptors (Lipinski definition) is 5. The molecule has 0 saturated carbocycles. The number of fused-ring (bicyclic) bond motifs is 1. The van der Waals surface area contributed by atoms with Gasteiger partial charge in [-0.3, -0.25) is 19.3 Å². The lowest BCUT2D eigenvalue weighted by atomic mass is 10.1. The maximum Gasteiger partial charge on any atom is 0.261 e. The van der Waals surface area contributed by atoms with Crippen LogP contribution in [0.4, 0.5) is 0 Å². The highest BCUT2D eigenvalue weighted by molar-refractivity contribution is 6.21. The van der Waals surface area contributed by atoms with Gasteiger partial charge in [0.1, 0.15) is 12.7 Å². The molecule has 34 heavy (non-hydrogen) atoms. The summed E-state index contributed by atoms with van der Waals surface area (Å²) < 4.78 is 1.74. The summed E-state index contributed by atoms with van der Waals surface area (Å²) in [6, 6.07) is 21.7. The Balaban J connectivity index is 1.20. The molecule has 1 aliphatic heterocycles. The highest BCUT2D eigenvalue weighted by Gasteiger charge is 2.34. The van der Waals surface area contributed by atoms with Crippen LogP contribution in [0.2, 0.25) is 0 Å². The monoisotopic (exact) mass is 451 g/mol. The maximum atomic E-state index is 12.7. The predicted octanol–water partition coefficient (Wildman–Crippen LogP) is 3.05. The molecule has 0 saturated heterocycles. The molecule has 1 aromatic heterocycles. The van der Waals surface area contributed by atoms with Crippen LogP contribution in [0, 0.1) is 0 Å². The Bertz CT molecular complexity index is 1330. The van der Waals surface area contributed by atoms with Crippen molar-refractivity contribution < 1.29 is 14.4 Å². The van der Waals surface area contributed by atoms with Gasteiger partial charge in [-0.25, -0.2) is 9.67 Å². The predicted molar refractivity (Wildman–Crippen MR) is 124 cm³/mol. The minimum absolute atomic E-state index is 0.112. The number of aromatic nitrogens is 3. The highest BCUT2D eigenvalue weighted by Crippen LogP contribution is 2.24. The SMILES string of the molecule is O=C(NCc1ccc(Cn2cncn2)cc1)c1cccc(CN2C(=O)c3ccccc3C2=O)c1. The van der Waals surface area contributed by atoms with E-state index in [4.69, 9.17) is 0 Å². The van der Waals surface area contributed by atoms with E-state index in [2.05, 4.69) is 15.4 Å². The van der Waals surface area contributed by atoms with Gasteiger partial charge in [-0.05, 0) is 41.0 Å². The quantitative estimate of drug-likeness (QED) is 0.436. The zero-order chi connectivity index (χ0) is 23.5. The molecular formula is C26H21N5O3. The number of hydrogen-bond donors (Lipinski definition) is 1. The summed E-state index contributed by atoms with van der Waals surface area (Å²) in [5.74, 6) is -0.860. The summed E-state index contributed by atoms with van der Waals surface area (Å²) >= 11 is 0. The van der Waals surface area contributed by atoms with Crippen molar-refractivity contribution >= 4 is 17.7 Å². The van der Waals surface area contributed by atoms with Gasteiger partial charge >= 0.3 is 0 Å². The molecule has 3 aromatic carbocycles. The minimum Gasteiger partial charge on any atom is -0.348 e. The molecule has 0 aliphatic carbocycles. The van der Waals surface area contributed by atoms with Crippen molar-refractivity contribution in [3.63, 3.8) is 0 Å². The molecule has 1 N–H and O–H groups in total. The molecule has 0 spiro atoms.